The maximum Gasteiger partial charge on any atom is 0.257 e. The van der Waals surface area contributed by atoms with Gasteiger partial charge in [-0.3, -0.25) is 4.79 Å². The molecule has 0 unspecified atom stereocenters. The van der Waals surface area contributed by atoms with E-state index in [1.165, 1.54) is 0 Å². The zero-order valence-electron chi connectivity index (χ0n) is 14.3. The number of benzene rings is 1. The summed E-state index contributed by atoms with van der Waals surface area (Å²) in [6.45, 7) is 7.73. The number of ether oxygens (including phenoxy) is 1. The maximum atomic E-state index is 13.0. The molecule has 2 atom stereocenters. The van der Waals surface area contributed by atoms with Gasteiger partial charge in [0.25, 0.3) is 5.91 Å². The van der Waals surface area contributed by atoms with Crippen LogP contribution in [0.4, 0.5) is 0 Å². The summed E-state index contributed by atoms with van der Waals surface area (Å²) in [7, 11) is 0. The highest BCUT2D eigenvalue weighted by Crippen LogP contribution is 2.30. The predicted molar refractivity (Wildman–Crippen MR) is 99.5 cm³/mol. The van der Waals surface area contributed by atoms with Gasteiger partial charge < -0.3 is 15.0 Å². The SMILES string of the molecule is CC(C)Oc1ccc(Cl)cc1C(=O)N1CC[C@@H]2CNC[C@@H]2CC1.Cl. The fraction of sp³-hybridized carbons (Fsp3) is 0.611. The van der Waals surface area contributed by atoms with Crippen LogP contribution >= 0.6 is 24.0 Å². The van der Waals surface area contributed by atoms with E-state index >= 15 is 0 Å². The third-order valence-corrected chi connectivity index (χ3v) is 5.08. The van der Waals surface area contributed by atoms with Crippen molar-refractivity contribution in [3.8, 4) is 5.75 Å². The van der Waals surface area contributed by atoms with Crippen molar-refractivity contribution >= 4 is 29.9 Å². The van der Waals surface area contributed by atoms with Gasteiger partial charge in [0.1, 0.15) is 5.75 Å². The summed E-state index contributed by atoms with van der Waals surface area (Å²) in [5.41, 5.74) is 0.580. The molecule has 1 amide bonds. The minimum absolute atomic E-state index is 0. The molecule has 0 spiro atoms. The van der Waals surface area contributed by atoms with Gasteiger partial charge in [-0.2, -0.15) is 0 Å². The molecule has 1 N–H and O–H groups in total. The third-order valence-electron chi connectivity index (χ3n) is 4.84. The number of fused-ring (bicyclic) bond motifs is 1. The Labute approximate surface area is 155 Å². The van der Waals surface area contributed by atoms with Crippen molar-refractivity contribution in [2.45, 2.75) is 32.8 Å². The normalized spacial score (nSPS) is 23.4. The van der Waals surface area contributed by atoms with Gasteiger partial charge in [0, 0.05) is 18.1 Å². The number of hydrogen-bond donors (Lipinski definition) is 1. The number of hydrogen-bond acceptors (Lipinski definition) is 3. The summed E-state index contributed by atoms with van der Waals surface area (Å²) in [6, 6.07) is 5.30. The minimum Gasteiger partial charge on any atom is -0.490 e. The van der Waals surface area contributed by atoms with Crippen LogP contribution in [0.3, 0.4) is 0 Å². The molecule has 2 aliphatic heterocycles. The number of rotatable bonds is 3. The van der Waals surface area contributed by atoms with Crippen LogP contribution in [0.1, 0.15) is 37.0 Å². The number of nitrogens with zero attached hydrogens (tertiary/aromatic N) is 1. The van der Waals surface area contributed by atoms with Crippen molar-refractivity contribution in [2.75, 3.05) is 26.2 Å². The summed E-state index contributed by atoms with van der Waals surface area (Å²) in [5, 5.41) is 4.03. The van der Waals surface area contributed by atoms with Gasteiger partial charge in [-0.25, -0.2) is 0 Å². The molecule has 6 heteroatoms. The third kappa shape index (κ3) is 4.35. The largest absolute Gasteiger partial charge is 0.490 e. The number of likely N-dealkylation sites (tertiary alicyclic amines) is 1. The van der Waals surface area contributed by atoms with E-state index < -0.39 is 0 Å². The summed E-state index contributed by atoms with van der Waals surface area (Å²) in [4.78, 5) is 15.0. The monoisotopic (exact) mass is 372 g/mol. The van der Waals surface area contributed by atoms with Gasteiger partial charge in [-0.05, 0) is 69.8 Å². The Morgan fingerprint density at radius 2 is 1.88 bits per heavy atom. The van der Waals surface area contributed by atoms with E-state index in [0.717, 1.165) is 39.0 Å². The Balaban J connectivity index is 0.00000208. The first-order valence-corrected chi connectivity index (χ1v) is 8.88. The molecule has 3 rings (SSSR count). The molecular weight excluding hydrogens is 347 g/mol. The number of carbonyl (C=O) groups excluding carboxylic acids is 1. The first-order valence-electron chi connectivity index (χ1n) is 8.51. The highest BCUT2D eigenvalue weighted by molar-refractivity contribution is 6.31. The van der Waals surface area contributed by atoms with Crippen LogP contribution in [0, 0.1) is 11.8 Å². The van der Waals surface area contributed by atoms with Gasteiger partial charge in [0.2, 0.25) is 0 Å². The lowest BCUT2D eigenvalue weighted by atomic mass is 9.92. The molecule has 2 fully saturated rings. The summed E-state index contributed by atoms with van der Waals surface area (Å²) in [5.74, 6) is 2.08. The van der Waals surface area contributed by atoms with Gasteiger partial charge >= 0.3 is 0 Å². The molecule has 0 radical (unpaired) electrons. The van der Waals surface area contributed by atoms with E-state index in [1.807, 2.05) is 18.7 Å². The zero-order chi connectivity index (χ0) is 16.4. The second kappa shape index (κ2) is 8.41. The van der Waals surface area contributed by atoms with Crippen LogP contribution in [0.2, 0.25) is 5.02 Å². The van der Waals surface area contributed by atoms with Crippen LogP contribution in [-0.2, 0) is 0 Å². The quantitative estimate of drug-likeness (QED) is 0.880. The molecule has 0 bridgehead atoms. The van der Waals surface area contributed by atoms with Crippen LogP contribution in [-0.4, -0.2) is 43.1 Å². The second-order valence-electron chi connectivity index (χ2n) is 6.86. The second-order valence-corrected chi connectivity index (χ2v) is 7.29. The molecular formula is C18H26Cl2N2O2. The highest BCUT2D eigenvalue weighted by Gasteiger charge is 2.32. The van der Waals surface area contributed by atoms with Crippen molar-refractivity contribution < 1.29 is 9.53 Å². The van der Waals surface area contributed by atoms with Crippen LogP contribution < -0.4 is 10.1 Å². The Morgan fingerprint density at radius 1 is 1.25 bits per heavy atom. The zero-order valence-corrected chi connectivity index (χ0v) is 15.8. The van der Waals surface area contributed by atoms with E-state index in [1.54, 1.807) is 18.2 Å². The van der Waals surface area contributed by atoms with Gasteiger partial charge in [-0.15, -0.1) is 12.4 Å². The van der Waals surface area contributed by atoms with Crippen molar-refractivity contribution in [3.63, 3.8) is 0 Å². The molecule has 0 saturated carbocycles. The van der Waals surface area contributed by atoms with Crippen LogP contribution in [0.5, 0.6) is 5.75 Å². The van der Waals surface area contributed by atoms with Crippen molar-refractivity contribution in [3.05, 3.63) is 28.8 Å². The summed E-state index contributed by atoms with van der Waals surface area (Å²) >= 11 is 6.11. The van der Waals surface area contributed by atoms with Gasteiger partial charge in [0.15, 0.2) is 0 Å². The van der Waals surface area contributed by atoms with Gasteiger partial charge in [0.05, 0.1) is 11.7 Å². The maximum absolute atomic E-state index is 13.0. The van der Waals surface area contributed by atoms with E-state index in [0.29, 0.717) is 28.2 Å². The standard InChI is InChI=1S/C18H25ClN2O2.ClH/c1-12(2)23-17-4-3-15(19)9-16(17)18(22)21-7-5-13-10-20-11-14(13)6-8-21;/h3-4,9,12-14,20H,5-8,10-11H2,1-2H3;1H/t13-,14+;. The van der Waals surface area contributed by atoms with Gasteiger partial charge in [-0.1, -0.05) is 11.6 Å². The lowest BCUT2D eigenvalue weighted by Crippen LogP contribution is -2.33. The van der Waals surface area contributed by atoms with Crippen LogP contribution in [0.15, 0.2) is 18.2 Å². The lowest BCUT2D eigenvalue weighted by Gasteiger charge is -2.23. The number of nitrogens with one attached hydrogen (secondary N) is 1. The van der Waals surface area contributed by atoms with E-state index in [2.05, 4.69) is 5.32 Å². The first-order chi connectivity index (χ1) is 11.0. The van der Waals surface area contributed by atoms with E-state index in [9.17, 15) is 4.79 Å². The predicted octanol–water partition coefficient (Wildman–Crippen LogP) is 3.62. The Morgan fingerprint density at radius 3 is 2.46 bits per heavy atom. The molecule has 2 saturated heterocycles. The molecule has 134 valence electrons. The molecule has 2 heterocycles. The average Bonchev–Trinajstić information content (AvgIpc) is 2.87. The Kier molecular flexibility index (Phi) is 6.79. The molecule has 0 aromatic heterocycles. The smallest absolute Gasteiger partial charge is 0.257 e. The fourth-order valence-electron chi connectivity index (χ4n) is 3.62. The molecule has 2 aliphatic rings. The average molecular weight is 373 g/mol. The molecule has 4 nitrogen and oxygen atoms in total. The minimum atomic E-state index is 0. The molecule has 1 aromatic rings. The fourth-order valence-corrected chi connectivity index (χ4v) is 3.79. The highest BCUT2D eigenvalue weighted by atomic mass is 35.5. The number of halogens is 2. The van der Waals surface area contributed by atoms with Crippen molar-refractivity contribution in [1.29, 1.82) is 0 Å². The van der Waals surface area contributed by atoms with Crippen LogP contribution in [0.25, 0.3) is 0 Å². The van der Waals surface area contributed by atoms with Crippen molar-refractivity contribution in [2.24, 2.45) is 11.8 Å². The van der Waals surface area contributed by atoms with Crippen molar-refractivity contribution in [1.82, 2.24) is 10.2 Å². The summed E-state index contributed by atoms with van der Waals surface area (Å²) in [6.07, 6.45) is 2.17. The number of amides is 1. The topological polar surface area (TPSA) is 41.6 Å². The summed E-state index contributed by atoms with van der Waals surface area (Å²) < 4.78 is 5.80. The molecule has 0 aliphatic carbocycles. The van der Waals surface area contributed by atoms with E-state index in [-0.39, 0.29) is 24.4 Å². The molecule has 24 heavy (non-hydrogen) atoms. The molecule has 1 aromatic carbocycles. The Hall–Kier alpha value is -0.970. The lowest BCUT2D eigenvalue weighted by molar-refractivity contribution is 0.0752. The number of carbonyl (C=O) groups is 1. The van der Waals surface area contributed by atoms with E-state index in [4.69, 9.17) is 16.3 Å². The Bertz CT molecular complexity index is 566. The first kappa shape index (κ1) is 19.4.